The maximum absolute atomic E-state index is 10.3. The molecule has 0 saturated heterocycles. The van der Waals surface area contributed by atoms with E-state index in [0.29, 0.717) is 17.8 Å². The van der Waals surface area contributed by atoms with Crippen molar-refractivity contribution in [2.75, 3.05) is 0 Å². The fourth-order valence-electron chi connectivity index (χ4n) is 2.52. The summed E-state index contributed by atoms with van der Waals surface area (Å²) in [4.78, 5) is 10.3. The van der Waals surface area contributed by atoms with E-state index in [1.54, 1.807) is 0 Å². The summed E-state index contributed by atoms with van der Waals surface area (Å²) in [6.07, 6.45) is 6.46. The zero-order valence-electron chi connectivity index (χ0n) is 12.5. The fraction of sp³-hybridized carbons (Fsp3) is 0.667. The Labute approximate surface area is 133 Å². The molecule has 0 aromatic rings. The van der Waals surface area contributed by atoms with E-state index < -0.39 is 0 Å². The standard InChI is InChI=1S/C11H19O.3CO.CH3.Fe/c1-9-4-5-10(6-7-12)11(2,3)8-9;3*1-2;;/h9-10H,4-6,8H2,1-3H3;;;;1H3;/q-1;;;;-1;+2/t9?,10-;;;;;/m0...../s1. The van der Waals surface area contributed by atoms with Gasteiger partial charge in [0, 0.05) is 0 Å². The molecule has 0 aromatic carbocycles. The molecule has 0 bridgehead atoms. The van der Waals surface area contributed by atoms with E-state index in [0.717, 1.165) is 5.92 Å². The second kappa shape index (κ2) is 20.7. The van der Waals surface area contributed by atoms with Crippen LogP contribution in [0.3, 0.4) is 0 Å². The van der Waals surface area contributed by atoms with Gasteiger partial charge in [-0.15, -0.1) is 6.42 Å². The van der Waals surface area contributed by atoms with Crippen LogP contribution in [0.15, 0.2) is 0 Å². The molecule has 1 rings (SSSR count). The van der Waals surface area contributed by atoms with E-state index in [1.807, 2.05) is 0 Å². The summed E-state index contributed by atoms with van der Waals surface area (Å²) < 4.78 is 22.5. The minimum atomic E-state index is 0. The fourth-order valence-corrected chi connectivity index (χ4v) is 2.52. The molecule has 0 N–H and O–H groups in total. The molecule has 114 valence electrons. The molecule has 5 heteroatoms. The molecule has 1 fully saturated rings. The Morgan fingerprint density at radius 3 is 1.80 bits per heavy atom. The van der Waals surface area contributed by atoms with Gasteiger partial charge in [0.2, 0.25) is 0 Å². The van der Waals surface area contributed by atoms with E-state index in [2.05, 4.69) is 47.0 Å². The predicted octanol–water partition coefficient (Wildman–Crippen LogP) is 3.28. The molecule has 1 aliphatic carbocycles. The molecule has 0 amide bonds. The van der Waals surface area contributed by atoms with Gasteiger partial charge in [-0.05, 0) is 17.8 Å². The molecule has 0 heterocycles. The van der Waals surface area contributed by atoms with Crippen molar-refractivity contribution in [2.45, 2.75) is 46.5 Å². The van der Waals surface area contributed by atoms with Gasteiger partial charge in [-0.3, -0.25) is 6.29 Å². The Kier molecular flexibility index (Phi) is 32.8. The van der Waals surface area contributed by atoms with Crippen LogP contribution in [0.2, 0.25) is 0 Å². The number of hydrogen-bond donors (Lipinski definition) is 0. The molecule has 20 heavy (non-hydrogen) atoms. The number of hydrogen-bond acceptors (Lipinski definition) is 1. The molecule has 0 radical (unpaired) electrons. The first kappa shape index (κ1) is 31.7. The minimum Gasteiger partial charge on any atom is -0.358 e. The van der Waals surface area contributed by atoms with Crippen LogP contribution in [0.4, 0.5) is 0 Å². The van der Waals surface area contributed by atoms with Crippen molar-refractivity contribution in [3.63, 3.8) is 0 Å². The quantitative estimate of drug-likeness (QED) is 0.436. The number of carbonyl (C=O) groups excluding carboxylic acids is 1. The van der Waals surface area contributed by atoms with E-state index in [4.69, 9.17) is 14.0 Å². The first-order valence-electron chi connectivity index (χ1n) is 5.52. The van der Waals surface area contributed by atoms with Crippen LogP contribution < -0.4 is 0 Å². The second-order valence-corrected chi connectivity index (χ2v) is 4.92. The van der Waals surface area contributed by atoms with Gasteiger partial charge in [0.15, 0.2) is 0 Å². The van der Waals surface area contributed by atoms with E-state index in [-0.39, 0.29) is 24.5 Å². The van der Waals surface area contributed by atoms with E-state index in [9.17, 15) is 4.79 Å². The summed E-state index contributed by atoms with van der Waals surface area (Å²) in [6.45, 7) is 20.4. The van der Waals surface area contributed by atoms with Gasteiger partial charge in [-0.2, -0.15) is 0 Å². The molecular weight excluding hydrogens is 300 g/mol. The Bertz CT molecular complexity index is 255. The van der Waals surface area contributed by atoms with Crippen molar-refractivity contribution in [2.24, 2.45) is 17.3 Å². The second-order valence-electron chi connectivity index (χ2n) is 4.92. The van der Waals surface area contributed by atoms with Crippen molar-refractivity contribution < 1.29 is 35.8 Å². The molecule has 0 aliphatic heterocycles. The van der Waals surface area contributed by atoms with Gasteiger partial charge in [0.1, 0.15) is 0 Å². The summed E-state index contributed by atoms with van der Waals surface area (Å²) in [5.41, 5.74) is 0.356. The largest absolute Gasteiger partial charge is 2.00 e. The molecule has 1 saturated carbocycles. The van der Waals surface area contributed by atoms with Crippen molar-refractivity contribution >= 4 is 6.29 Å². The minimum absolute atomic E-state index is 0. The molecule has 2 atom stereocenters. The van der Waals surface area contributed by atoms with Gasteiger partial charge in [0.05, 0.1) is 0 Å². The Morgan fingerprint density at radius 1 is 1.10 bits per heavy atom. The van der Waals surface area contributed by atoms with Gasteiger partial charge in [-0.25, -0.2) is 0 Å². The zero-order valence-corrected chi connectivity index (χ0v) is 13.6. The zero-order chi connectivity index (χ0) is 15.2. The third kappa shape index (κ3) is 13.8. The van der Waals surface area contributed by atoms with Gasteiger partial charge in [0.25, 0.3) is 0 Å². The molecule has 1 unspecified atom stereocenters. The topological polar surface area (TPSA) is 76.8 Å². The monoisotopic (exact) mass is 322 g/mol. The first-order chi connectivity index (χ1) is 8.56. The average Bonchev–Trinajstić information content (AvgIpc) is 2.39. The van der Waals surface area contributed by atoms with Crippen molar-refractivity contribution in [1.29, 1.82) is 0 Å². The summed E-state index contributed by atoms with van der Waals surface area (Å²) >= 11 is 0. The average molecular weight is 322 g/mol. The smallest absolute Gasteiger partial charge is 0.358 e. The summed E-state index contributed by atoms with van der Waals surface area (Å²) in [5, 5.41) is 0. The van der Waals surface area contributed by atoms with Crippen LogP contribution in [-0.4, -0.2) is 6.29 Å². The third-order valence-corrected chi connectivity index (χ3v) is 3.32. The maximum Gasteiger partial charge on any atom is 2.00 e. The van der Waals surface area contributed by atoms with Crippen LogP contribution in [0.1, 0.15) is 46.5 Å². The van der Waals surface area contributed by atoms with Crippen LogP contribution in [0, 0.1) is 44.6 Å². The van der Waals surface area contributed by atoms with Crippen molar-refractivity contribution in [1.82, 2.24) is 0 Å². The van der Waals surface area contributed by atoms with Crippen LogP contribution in [0.25, 0.3) is 0 Å². The summed E-state index contributed by atoms with van der Waals surface area (Å²) in [5.74, 6) is 1.41. The Hall–Kier alpha value is -0.591. The maximum atomic E-state index is 10.3. The Morgan fingerprint density at radius 2 is 1.50 bits per heavy atom. The van der Waals surface area contributed by atoms with E-state index in [1.165, 1.54) is 19.3 Å². The summed E-state index contributed by atoms with van der Waals surface area (Å²) in [7, 11) is 0. The van der Waals surface area contributed by atoms with Gasteiger partial charge in [-0.1, -0.05) is 39.5 Å². The SMILES string of the molecule is CC1CC[C@@H](C[C-]=O)C(C)(C)C1.[C-]#[O+].[C-]#[O+].[C-]#[O+].[CH3-].[Fe+2]. The molecule has 1 aliphatic rings. The van der Waals surface area contributed by atoms with E-state index >= 15 is 0 Å². The molecule has 0 aromatic heterocycles. The van der Waals surface area contributed by atoms with Crippen molar-refractivity contribution in [3.05, 3.63) is 27.4 Å². The van der Waals surface area contributed by atoms with Crippen LogP contribution >= 0.6 is 0 Å². The van der Waals surface area contributed by atoms with Gasteiger partial charge >= 0.3 is 51.0 Å². The third-order valence-electron chi connectivity index (χ3n) is 3.32. The molecular formula is C15H22FeO4. The first-order valence-corrected chi connectivity index (χ1v) is 5.52. The molecule has 4 nitrogen and oxygen atoms in total. The summed E-state index contributed by atoms with van der Waals surface area (Å²) in [6, 6.07) is 0. The van der Waals surface area contributed by atoms with Gasteiger partial charge < -0.3 is 12.2 Å². The van der Waals surface area contributed by atoms with Crippen LogP contribution in [-0.2, 0) is 35.8 Å². The predicted molar refractivity (Wildman–Crippen MR) is 68.8 cm³/mol. The normalized spacial score (nSPS) is 21.1. The van der Waals surface area contributed by atoms with Crippen LogP contribution in [0.5, 0.6) is 0 Å². The molecule has 0 spiro atoms. The Balaban J connectivity index is -0.0000000833. The number of rotatable bonds is 2. The van der Waals surface area contributed by atoms with Crippen molar-refractivity contribution in [3.8, 4) is 0 Å².